The van der Waals surface area contributed by atoms with Gasteiger partial charge in [-0.25, -0.2) is 4.98 Å². The van der Waals surface area contributed by atoms with E-state index in [1.807, 2.05) is 4.90 Å². The third kappa shape index (κ3) is 5.14. The minimum Gasteiger partial charge on any atom is -0.433 e. The molecule has 1 fully saturated rings. The van der Waals surface area contributed by atoms with Crippen molar-refractivity contribution < 1.29 is 18.3 Å². The van der Waals surface area contributed by atoms with E-state index >= 15 is 0 Å². The zero-order valence-electron chi connectivity index (χ0n) is 11.5. The van der Waals surface area contributed by atoms with Crippen LogP contribution in [0, 0.1) is 0 Å². The van der Waals surface area contributed by atoms with Crippen LogP contribution in [0.1, 0.15) is 12.8 Å². The lowest BCUT2D eigenvalue weighted by Crippen LogP contribution is -2.43. The fraction of sp³-hybridized carbons (Fsp3) is 0.538. The van der Waals surface area contributed by atoms with Crippen molar-refractivity contribution >= 4 is 11.7 Å². The molecule has 0 spiro atoms. The number of hydrogen-bond acceptors (Lipinski definition) is 5. The Morgan fingerprint density at radius 3 is 2.71 bits per heavy atom. The van der Waals surface area contributed by atoms with Crippen molar-refractivity contribution in [3.63, 3.8) is 0 Å². The molecule has 0 aliphatic carbocycles. The summed E-state index contributed by atoms with van der Waals surface area (Å²) < 4.78 is 28.3. The largest absolute Gasteiger partial charge is 0.433 e. The van der Waals surface area contributed by atoms with Gasteiger partial charge in [-0.15, -0.1) is 0 Å². The van der Waals surface area contributed by atoms with Gasteiger partial charge >= 0.3 is 6.61 Å². The minimum atomic E-state index is -2.85. The van der Waals surface area contributed by atoms with E-state index < -0.39 is 6.61 Å². The number of pyridine rings is 1. The first-order chi connectivity index (χ1) is 10.0. The standard InChI is InChI=1S/C13H18F2N4O2/c14-13(15)21-10-1-2-12(17-7-10)18-9-3-5-19(6-4-9)8-11(16)20/h1-2,7,9,13H,3-6,8H2,(H2,16,20)(H,17,18). The molecule has 3 N–H and O–H groups in total. The zero-order valence-corrected chi connectivity index (χ0v) is 11.5. The van der Waals surface area contributed by atoms with Crippen LogP contribution in [0.25, 0.3) is 0 Å². The molecule has 0 radical (unpaired) electrons. The van der Waals surface area contributed by atoms with Crippen LogP contribution in [-0.2, 0) is 4.79 Å². The first-order valence-corrected chi connectivity index (χ1v) is 6.71. The molecule has 1 amide bonds. The molecule has 0 unspecified atom stereocenters. The highest BCUT2D eigenvalue weighted by atomic mass is 19.3. The summed E-state index contributed by atoms with van der Waals surface area (Å²) in [4.78, 5) is 16.9. The summed E-state index contributed by atoms with van der Waals surface area (Å²) in [5, 5.41) is 3.24. The number of carbonyl (C=O) groups excluding carboxylic acids is 1. The summed E-state index contributed by atoms with van der Waals surface area (Å²) in [5.74, 6) is 0.328. The molecular weight excluding hydrogens is 282 g/mol. The second-order valence-corrected chi connectivity index (χ2v) is 4.92. The van der Waals surface area contributed by atoms with Gasteiger partial charge < -0.3 is 15.8 Å². The van der Waals surface area contributed by atoms with E-state index in [-0.39, 0.29) is 24.2 Å². The van der Waals surface area contributed by atoms with E-state index in [4.69, 9.17) is 5.73 Å². The molecule has 1 saturated heterocycles. The highest BCUT2D eigenvalue weighted by Crippen LogP contribution is 2.18. The van der Waals surface area contributed by atoms with Gasteiger partial charge in [-0.3, -0.25) is 9.69 Å². The quantitative estimate of drug-likeness (QED) is 0.820. The monoisotopic (exact) mass is 300 g/mol. The normalized spacial score (nSPS) is 16.9. The third-order valence-electron chi connectivity index (χ3n) is 3.28. The number of hydrogen-bond donors (Lipinski definition) is 2. The Morgan fingerprint density at radius 2 is 2.19 bits per heavy atom. The maximum Gasteiger partial charge on any atom is 0.387 e. The van der Waals surface area contributed by atoms with Crippen LogP contribution in [0.15, 0.2) is 18.3 Å². The Bertz CT molecular complexity index is 462. The Kier molecular flexibility index (Phi) is 5.26. The van der Waals surface area contributed by atoms with Gasteiger partial charge in [-0.2, -0.15) is 8.78 Å². The van der Waals surface area contributed by atoms with E-state index in [0.717, 1.165) is 25.9 Å². The number of nitrogens with two attached hydrogens (primary N) is 1. The van der Waals surface area contributed by atoms with Gasteiger partial charge in [0.15, 0.2) is 0 Å². The number of nitrogens with zero attached hydrogens (tertiary/aromatic N) is 2. The van der Waals surface area contributed by atoms with E-state index in [1.54, 1.807) is 6.07 Å². The summed E-state index contributed by atoms with van der Waals surface area (Å²) in [7, 11) is 0. The number of halogens is 2. The van der Waals surface area contributed by atoms with Crippen LogP contribution in [0.3, 0.4) is 0 Å². The van der Waals surface area contributed by atoms with Gasteiger partial charge in [0, 0.05) is 19.1 Å². The van der Waals surface area contributed by atoms with E-state index in [0.29, 0.717) is 5.82 Å². The summed E-state index contributed by atoms with van der Waals surface area (Å²) in [6.45, 7) is -0.995. The number of rotatable bonds is 6. The van der Waals surface area contributed by atoms with Gasteiger partial charge in [0.1, 0.15) is 11.6 Å². The Labute approximate surface area is 121 Å². The van der Waals surface area contributed by atoms with Gasteiger partial charge in [0.2, 0.25) is 5.91 Å². The maximum absolute atomic E-state index is 12.0. The minimum absolute atomic E-state index is 0.0341. The van der Waals surface area contributed by atoms with Crippen LogP contribution < -0.4 is 15.8 Å². The summed E-state index contributed by atoms with van der Waals surface area (Å²) in [6.07, 6.45) is 2.99. The maximum atomic E-state index is 12.0. The molecule has 2 rings (SSSR count). The molecule has 0 aromatic carbocycles. The highest BCUT2D eigenvalue weighted by Gasteiger charge is 2.20. The smallest absolute Gasteiger partial charge is 0.387 e. The molecule has 116 valence electrons. The van der Waals surface area contributed by atoms with Gasteiger partial charge in [-0.1, -0.05) is 0 Å². The first kappa shape index (κ1) is 15.4. The van der Waals surface area contributed by atoms with Crippen molar-refractivity contribution in [2.75, 3.05) is 25.0 Å². The number of alkyl halides is 2. The van der Waals surface area contributed by atoms with Crippen molar-refractivity contribution in [3.8, 4) is 5.75 Å². The highest BCUT2D eigenvalue weighted by molar-refractivity contribution is 5.75. The second kappa shape index (κ2) is 7.16. The number of ether oxygens (including phenoxy) is 1. The topological polar surface area (TPSA) is 80.5 Å². The average molecular weight is 300 g/mol. The molecule has 1 aromatic heterocycles. The number of nitrogens with one attached hydrogen (secondary N) is 1. The first-order valence-electron chi connectivity index (χ1n) is 6.71. The van der Waals surface area contributed by atoms with Crippen molar-refractivity contribution in [1.82, 2.24) is 9.88 Å². The molecule has 0 bridgehead atoms. The molecule has 1 aromatic rings. The Balaban J connectivity index is 1.79. The number of aromatic nitrogens is 1. The number of amides is 1. The predicted octanol–water partition coefficient (Wildman–Crippen LogP) is 1.04. The number of piperidine rings is 1. The average Bonchev–Trinajstić information content (AvgIpc) is 2.42. The molecule has 1 aliphatic heterocycles. The molecule has 0 atom stereocenters. The molecule has 0 saturated carbocycles. The molecular formula is C13H18F2N4O2. The lowest BCUT2D eigenvalue weighted by Gasteiger charge is -2.31. The van der Waals surface area contributed by atoms with E-state index in [2.05, 4.69) is 15.0 Å². The summed E-state index contributed by atoms with van der Waals surface area (Å²) >= 11 is 0. The van der Waals surface area contributed by atoms with Gasteiger partial charge in [0.05, 0.1) is 12.7 Å². The summed E-state index contributed by atoms with van der Waals surface area (Å²) in [5.41, 5.74) is 5.16. The SMILES string of the molecule is NC(=O)CN1CCC(Nc2ccc(OC(F)F)cn2)CC1. The van der Waals surface area contributed by atoms with Crippen LogP contribution in [0.4, 0.5) is 14.6 Å². The third-order valence-corrected chi connectivity index (χ3v) is 3.28. The molecule has 21 heavy (non-hydrogen) atoms. The van der Waals surface area contributed by atoms with Gasteiger partial charge in [0.25, 0.3) is 0 Å². The van der Waals surface area contributed by atoms with Crippen LogP contribution in [0.2, 0.25) is 0 Å². The molecule has 8 heteroatoms. The van der Waals surface area contributed by atoms with Crippen molar-refractivity contribution in [3.05, 3.63) is 18.3 Å². The van der Waals surface area contributed by atoms with Gasteiger partial charge in [-0.05, 0) is 25.0 Å². The van der Waals surface area contributed by atoms with E-state index in [9.17, 15) is 13.6 Å². The lowest BCUT2D eigenvalue weighted by atomic mass is 10.1. The Hall–Kier alpha value is -1.96. The van der Waals surface area contributed by atoms with Crippen molar-refractivity contribution in [2.45, 2.75) is 25.5 Å². The Morgan fingerprint density at radius 1 is 1.48 bits per heavy atom. The number of carbonyl (C=O) groups is 1. The van der Waals surface area contributed by atoms with Crippen LogP contribution >= 0.6 is 0 Å². The number of primary amides is 1. The van der Waals surface area contributed by atoms with Crippen LogP contribution in [0.5, 0.6) is 5.75 Å². The lowest BCUT2D eigenvalue weighted by molar-refractivity contribution is -0.119. The zero-order chi connectivity index (χ0) is 15.2. The molecule has 6 nitrogen and oxygen atoms in total. The fourth-order valence-electron chi connectivity index (χ4n) is 2.30. The fourth-order valence-corrected chi connectivity index (χ4v) is 2.30. The number of anilines is 1. The predicted molar refractivity (Wildman–Crippen MR) is 73.1 cm³/mol. The molecule has 1 aliphatic rings. The van der Waals surface area contributed by atoms with Crippen LogP contribution in [-0.4, -0.2) is 48.1 Å². The molecule has 2 heterocycles. The van der Waals surface area contributed by atoms with E-state index in [1.165, 1.54) is 12.3 Å². The number of likely N-dealkylation sites (tertiary alicyclic amines) is 1. The second-order valence-electron chi connectivity index (χ2n) is 4.92. The van der Waals surface area contributed by atoms with Crippen molar-refractivity contribution in [2.24, 2.45) is 5.73 Å². The summed E-state index contributed by atoms with van der Waals surface area (Å²) in [6, 6.07) is 3.29. The van der Waals surface area contributed by atoms with Crippen molar-refractivity contribution in [1.29, 1.82) is 0 Å².